The van der Waals surface area contributed by atoms with Gasteiger partial charge in [0.1, 0.15) is 5.15 Å². The van der Waals surface area contributed by atoms with Crippen molar-refractivity contribution < 1.29 is 14.7 Å². The van der Waals surface area contributed by atoms with Gasteiger partial charge in [0, 0.05) is 25.7 Å². The summed E-state index contributed by atoms with van der Waals surface area (Å²) in [5.74, 6) is -0.752. The van der Waals surface area contributed by atoms with Crippen molar-refractivity contribution in [3.63, 3.8) is 0 Å². The minimum absolute atomic E-state index is 0.133. The van der Waals surface area contributed by atoms with Crippen molar-refractivity contribution in [1.82, 2.24) is 9.88 Å². The van der Waals surface area contributed by atoms with Crippen LogP contribution in [0.2, 0.25) is 5.15 Å². The number of halogens is 1. The van der Waals surface area contributed by atoms with Crippen LogP contribution >= 0.6 is 11.6 Å². The van der Waals surface area contributed by atoms with Crippen LogP contribution < -0.4 is 0 Å². The van der Waals surface area contributed by atoms with Gasteiger partial charge in [-0.1, -0.05) is 11.6 Å². The fraction of sp³-hybridized carbons (Fsp3) is 0.462. The van der Waals surface area contributed by atoms with Gasteiger partial charge in [-0.25, -0.2) is 4.98 Å². The number of hydrogen-bond donors (Lipinski definition) is 1. The van der Waals surface area contributed by atoms with E-state index in [1.165, 1.54) is 6.20 Å². The highest BCUT2D eigenvalue weighted by molar-refractivity contribution is 6.32. The summed E-state index contributed by atoms with van der Waals surface area (Å²) in [6, 6.07) is 3.33. The summed E-state index contributed by atoms with van der Waals surface area (Å²) >= 11 is 5.90. The summed E-state index contributed by atoms with van der Waals surface area (Å²) in [7, 11) is 0. The predicted molar refractivity (Wildman–Crippen MR) is 70.1 cm³/mol. The number of likely N-dealkylation sites (tertiary alicyclic amines) is 1. The summed E-state index contributed by atoms with van der Waals surface area (Å²) in [5.41, 5.74) is 0.404. The molecule has 0 saturated carbocycles. The van der Waals surface area contributed by atoms with Crippen molar-refractivity contribution in [1.29, 1.82) is 0 Å². The van der Waals surface area contributed by atoms with Crippen molar-refractivity contribution in [2.24, 2.45) is 5.92 Å². The van der Waals surface area contributed by atoms with Crippen molar-refractivity contribution in [3.8, 4) is 0 Å². The van der Waals surface area contributed by atoms with Crippen LogP contribution in [0.25, 0.3) is 0 Å². The van der Waals surface area contributed by atoms with Gasteiger partial charge in [-0.05, 0) is 30.9 Å². The molecule has 2 rings (SSSR count). The van der Waals surface area contributed by atoms with Crippen LogP contribution in [0.1, 0.15) is 29.6 Å². The zero-order valence-electron chi connectivity index (χ0n) is 10.4. The lowest BCUT2D eigenvalue weighted by Crippen LogP contribution is -2.39. The van der Waals surface area contributed by atoms with Crippen LogP contribution in [0.15, 0.2) is 18.3 Å². The molecule has 5 nitrogen and oxygen atoms in total. The molecule has 1 aromatic rings. The van der Waals surface area contributed by atoms with Gasteiger partial charge in [0.2, 0.25) is 0 Å². The smallest absolute Gasteiger partial charge is 0.303 e. The average Bonchev–Trinajstić information content (AvgIpc) is 2.39. The Balaban J connectivity index is 1.96. The second-order valence-corrected chi connectivity index (χ2v) is 5.03. The minimum atomic E-state index is -0.778. The van der Waals surface area contributed by atoms with E-state index in [-0.39, 0.29) is 23.4 Å². The van der Waals surface area contributed by atoms with E-state index < -0.39 is 5.97 Å². The highest BCUT2D eigenvalue weighted by Crippen LogP contribution is 2.23. The number of hydrogen-bond acceptors (Lipinski definition) is 3. The standard InChI is InChI=1S/C13H15ClN2O3/c14-12-10(2-1-5-15-12)13(19)16-6-3-9(4-7-16)8-11(17)18/h1-2,5,9H,3-4,6-8H2,(H,17,18). The zero-order valence-corrected chi connectivity index (χ0v) is 11.1. The maximum absolute atomic E-state index is 12.2. The number of carboxylic acids is 1. The van der Waals surface area contributed by atoms with Crippen LogP contribution in [0.3, 0.4) is 0 Å². The van der Waals surface area contributed by atoms with Gasteiger partial charge in [0.05, 0.1) is 5.56 Å². The number of carboxylic acid groups (broad SMARTS) is 1. The molecule has 1 saturated heterocycles. The lowest BCUT2D eigenvalue weighted by atomic mass is 9.93. The number of nitrogens with zero attached hydrogens (tertiary/aromatic N) is 2. The van der Waals surface area contributed by atoms with E-state index in [9.17, 15) is 9.59 Å². The molecule has 1 amide bonds. The first kappa shape index (κ1) is 13.8. The first-order valence-corrected chi connectivity index (χ1v) is 6.57. The van der Waals surface area contributed by atoms with E-state index in [4.69, 9.17) is 16.7 Å². The molecule has 1 aliphatic rings. The number of rotatable bonds is 3. The molecule has 0 unspecified atom stereocenters. The van der Waals surface area contributed by atoms with Crippen LogP contribution in [0, 0.1) is 5.92 Å². The highest BCUT2D eigenvalue weighted by atomic mass is 35.5. The van der Waals surface area contributed by atoms with Gasteiger partial charge in [0.15, 0.2) is 0 Å². The Kier molecular flexibility index (Phi) is 4.37. The molecule has 2 heterocycles. The van der Waals surface area contributed by atoms with Gasteiger partial charge in [0.25, 0.3) is 5.91 Å². The maximum Gasteiger partial charge on any atom is 0.303 e. The number of pyridine rings is 1. The van der Waals surface area contributed by atoms with E-state index in [0.29, 0.717) is 18.7 Å². The van der Waals surface area contributed by atoms with Crippen LogP contribution in [-0.2, 0) is 4.79 Å². The SMILES string of the molecule is O=C(O)CC1CCN(C(=O)c2cccnc2Cl)CC1. The van der Waals surface area contributed by atoms with Crippen molar-refractivity contribution in [2.45, 2.75) is 19.3 Å². The summed E-state index contributed by atoms with van der Waals surface area (Å²) in [5, 5.41) is 8.96. The van der Waals surface area contributed by atoms with Gasteiger partial charge < -0.3 is 10.0 Å². The summed E-state index contributed by atoms with van der Waals surface area (Å²) in [6.45, 7) is 1.14. The predicted octanol–water partition coefficient (Wildman–Crippen LogP) is 2.06. The number of amides is 1. The Morgan fingerprint density at radius 1 is 1.42 bits per heavy atom. The molecule has 0 atom stereocenters. The van der Waals surface area contributed by atoms with Gasteiger partial charge >= 0.3 is 5.97 Å². The first-order chi connectivity index (χ1) is 9.08. The normalized spacial score (nSPS) is 16.4. The molecular weight excluding hydrogens is 268 g/mol. The van der Waals surface area contributed by atoms with Crippen LogP contribution in [0.4, 0.5) is 0 Å². The fourth-order valence-corrected chi connectivity index (χ4v) is 2.50. The molecule has 0 spiro atoms. The minimum Gasteiger partial charge on any atom is -0.481 e. The third kappa shape index (κ3) is 3.44. The lowest BCUT2D eigenvalue weighted by molar-refractivity contribution is -0.138. The summed E-state index contributed by atoms with van der Waals surface area (Å²) in [4.78, 5) is 28.5. The Morgan fingerprint density at radius 3 is 2.68 bits per heavy atom. The molecule has 1 N–H and O–H groups in total. The largest absolute Gasteiger partial charge is 0.481 e. The number of aliphatic carboxylic acids is 1. The summed E-state index contributed by atoms with van der Waals surface area (Å²) < 4.78 is 0. The van der Waals surface area contributed by atoms with Gasteiger partial charge in [-0.2, -0.15) is 0 Å². The molecule has 6 heteroatoms. The Labute approximate surface area is 116 Å². The second kappa shape index (κ2) is 6.02. The first-order valence-electron chi connectivity index (χ1n) is 6.19. The van der Waals surface area contributed by atoms with Gasteiger partial charge in [-0.3, -0.25) is 9.59 Å². The number of aromatic nitrogens is 1. The highest BCUT2D eigenvalue weighted by Gasteiger charge is 2.26. The molecule has 1 aromatic heterocycles. The molecule has 1 fully saturated rings. The molecule has 102 valence electrons. The van der Waals surface area contributed by atoms with E-state index in [1.807, 2.05) is 0 Å². The third-order valence-electron chi connectivity index (χ3n) is 3.35. The summed E-state index contributed by atoms with van der Waals surface area (Å²) in [6.07, 6.45) is 3.15. The Morgan fingerprint density at radius 2 is 2.11 bits per heavy atom. The maximum atomic E-state index is 12.2. The molecule has 0 aromatic carbocycles. The average molecular weight is 283 g/mol. The molecule has 0 aliphatic carbocycles. The molecular formula is C13H15ClN2O3. The van der Waals surface area contributed by atoms with Crippen LogP contribution in [-0.4, -0.2) is 40.0 Å². The van der Waals surface area contributed by atoms with E-state index in [2.05, 4.69) is 4.98 Å². The number of carbonyl (C=O) groups is 2. The Hall–Kier alpha value is -1.62. The number of carbonyl (C=O) groups excluding carboxylic acids is 1. The van der Waals surface area contributed by atoms with E-state index >= 15 is 0 Å². The third-order valence-corrected chi connectivity index (χ3v) is 3.66. The molecule has 0 radical (unpaired) electrons. The topological polar surface area (TPSA) is 70.5 Å². The van der Waals surface area contributed by atoms with Crippen molar-refractivity contribution in [3.05, 3.63) is 29.0 Å². The lowest BCUT2D eigenvalue weighted by Gasteiger charge is -2.31. The quantitative estimate of drug-likeness (QED) is 0.862. The zero-order chi connectivity index (χ0) is 13.8. The molecule has 0 bridgehead atoms. The number of piperidine rings is 1. The van der Waals surface area contributed by atoms with Crippen LogP contribution in [0.5, 0.6) is 0 Å². The fourth-order valence-electron chi connectivity index (χ4n) is 2.30. The molecule has 19 heavy (non-hydrogen) atoms. The van der Waals surface area contributed by atoms with Gasteiger partial charge in [-0.15, -0.1) is 0 Å². The van der Waals surface area contributed by atoms with Crippen molar-refractivity contribution >= 4 is 23.5 Å². The monoisotopic (exact) mass is 282 g/mol. The Bertz CT molecular complexity index is 485. The van der Waals surface area contributed by atoms with E-state index in [0.717, 1.165) is 12.8 Å². The van der Waals surface area contributed by atoms with E-state index in [1.54, 1.807) is 17.0 Å². The van der Waals surface area contributed by atoms with Crippen molar-refractivity contribution in [2.75, 3.05) is 13.1 Å². The second-order valence-electron chi connectivity index (χ2n) is 4.68. The molecule has 1 aliphatic heterocycles.